The van der Waals surface area contributed by atoms with Crippen molar-refractivity contribution < 1.29 is 4.74 Å². The topological polar surface area (TPSA) is 47.3 Å². The third kappa shape index (κ3) is 2.87. The summed E-state index contributed by atoms with van der Waals surface area (Å²) in [5.41, 5.74) is 5.86. The van der Waals surface area contributed by atoms with Gasteiger partial charge in [-0.1, -0.05) is 41.4 Å². The minimum atomic E-state index is -0.260. The number of nitrogens with two attached hydrogens (primary N) is 1. The molecule has 0 bridgehead atoms. The highest BCUT2D eigenvalue weighted by atomic mass is 35.5. The van der Waals surface area contributed by atoms with Gasteiger partial charge in [0.15, 0.2) is 0 Å². The molecule has 1 heterocycles. The highest BCUT2D eigenvalue weighted by Crippen LogP contribution is 2.38. The molecule has 5 heteroatoms. The summed E-state index contributed by atoms with van der Waals surface area (Å²) in [6.07, 6.45) is 2.05. The lowest BCUT2D eigenvalue weighted by Crippen LogP contribution is -2.30. The van der Waals surface area contributed by atoms with E-state index in [2.05, 4.69) is 11.5 Å². The lowest BCUT2D eigenvalue weighted by molar-refractivity contribution is 0.283. The maximum atomic E-state index is 6.31. The van der Waals surface area contributed by atoms with Gasteiger partial charge in [-0.05, 0) is 42.2 Å². The van der Waals surface area contributed by atoms with Crippen LogP contribution in [0.15, 0.2) is 36.4 Å². The molecular weight excluding hydrogens is 307 g/mol. The fourth-order valence-electron chi connectivity index (χ4n) is 2.72. The van der Waals surface area contributed by atoms with Crippen LogP contribution in [0.2, 0.25) is 10.0 Å². The molecule has 3 nitrogen and oxygen atoms in total. The fourth-order valence-corrected chi connectivity index (χ4v) is 3.13. The van der Waals surface area contributed by atoms with Gasteiger partial charge in [0.2, 0.25) is 0 Å². The van der Waals surface area contributed by atoms with E-state index in [1.807, 2.05) is 18.2 Å². The predicted octanol–water partition coefficient (Wildman–Crippen LogP) is 3.87. The van der Waals surface area contributed by atoms with Gasteiger partial charge < -0.3 is 4.74 Å². The number of hydrogen-bond acceptors (Lipinski definition) is 3. The number of aryl methyl sites for hydroxylation is 1. The number of hydrazine groups is 1. The zero-order valence-electron chi connectivity index (χ0n) is 11.4. The molecule has 1 aliphatic heterocycles. The Balaban J connectivity index is 2.10. The van der Waals surface area contributed by atoms with Crippen molar-refractivity contribution in [2.24, 2.45) is 5.84 Å². The van der Waals surface area contributed by atoms with Crippen LogP contribution in [0, 0.1) is 0 Å². The molecule has 0 aromatic heterocycles. The number of ether oxygens (including phenoxy) is 1. The van der Waals surface area contributed by atoms with E-state index in [0.29, 0.717) is 10.0 Å². The van der Waals surface area contributed by atoms with Crippen LogP contribution >= 0.6 is 23.2 Å². The molecule has 0 radical (unpaired) electrons. The lowest BCUT2D eigenvalue weighted by Gasteiger charge is -2.25. The first-order valence-electron chi connectivity index (χ1n) is 6.86. The Morgan fingerprint density at radius 2 is 2.00 bits per heavy atom. The summed E-state index contributed by atoms with van der Waals surface area (Å²) in [4.78, 5) is 0. The molecule has 110 valence electrons. The second-order valence-corrected chi connectivity index (χ2v) is 5.90. The number of halogens is 2. The summed E-state index contributed by atoms with van der Waals surface area (Å²) >= 11 is 12.4. The molecule has 0 amide bonds. The maximum absolute atomic E-state index is 6.31. The van der Waals surface area contributed by atoms with Crippen LogP contribution in [-0.2, 0) is 6.42 Å². The van der Waals surface area contributed by atoms with E-state index in [-0.39, 0.29) is 6.04 Å². The van der Waals surface area contributed by atoms with Crippen molar-refractivity contribution in [3.8, 4) is 5.75 Å². The minimum absolute atomic E-state index is 0.260. The van der Waals surface area contributed by atoms with Crippen molar-refractivity contribution in [2.75, 3.05) is 6.61 Å². The average Bonchev–Trinajstić information content (AvgIpc) is 2.51. The van der Waals surface area contributed by atoms with Crippen LogP contribution in [0.1, 0.15) is 29.2 Å². The Hall–Kier alpha value is -1.26. The number of rotatable bonds is 3. The molecule has 1 aliphatic rings. The Morgan fingerprint density at radius 3 is 2.81 bits per heavy atom. The van der Waals surface area contributed by atoms with Crippen molar-refractivity contribution in [1.82, 2.24) is 5.43 Å². The molecule has 0 saturated heterocycles. The SMILES string of the molecule is NNC(c1cc(Cl)ccc1Cl)c1cccc2c1OCCC2. The van der Waals surface area contributed by atoms with E-state index in [4.69, 9.17) is 33.8 Å². The van der Waals surface area contributed by atoms with E-state index in [0.717, 1.165) is 36.3 Å². The summed E-state index contributed by atoms with van der Waals surface area (Å²) in [6.45, 7) is 0.727. The molecule has 2 aromatic rings. The zero-order valence-corrected chi connectivity index (χ0v) is 12.9. The van der Waals surface area contributed by atoms with Gasteiger partial charge in [0.25, 0.3) is 0 Å². The molecule has 0 aliphatic carbocycles. The second kappa shape index (κ2) is 6.24. The summed E-state index contributed by atoms with van der Waals surface area (Å²) in [5, 5.41) is 1.25. The fraction of sp³-hybridized carbons (Fsp3) is 0.250. The van der Waals surface area contributed by atoms with Crippen molar-refractivity contribution in [3.63, 3.8) is 0 Å². The van der Waals surface area contributed by atoms with Gasteiger partial charge in [0, 0.05) is 15.6 Å². The number of para-hydroxylation sites is 1. The largest absolute Gasteiger partial charge is 0.493 e. The molecular formula is C16H16Cl2N2O. The van der Waals surface area contributed by atoms with Crippen LogP contribution in [-0.4, -0.2) is 6.61 Å². The molecule has 1 unspecified atom stereocenters. The third-order valence-corrected chi connectivity index (χ3v) is 4.29. The molecule has 0 saturated carbocycles. The summed E-state index contributed by atoms with van der Waals surface area (Å²) in [7, 11) is 0. The first-order valence-corrected chi connectivity index (χ1v) is 7.62. The summed E-state index contributed by atoms with van der Waals surface area (Å²) in [5.74, 6) is 6.69. The molecule has 3 N–H and O–H groups in total. The molecule has 3 rings (SSSR count). The normalized spacial score (nSPS) is 15.2. The van der Waals surface area contributed by atoms with Crippen molar-refractivity contribution in [1.29, 1.82) is 0 Å². The quantitative estimate of drug-likeness (QED) is 0.666. The minimum Gasteiger partial charge on any atom is -0.493 e. The third-order valence-electron chi connectivity index (χ3n) is 3.71. The number of hydrogen-bond donors (Lipinski definition) is 2. The molecule has 1 atom stereocenters. The summed E-state index contributed by atoms with van der Waals surface area (Å²) in [6, 6.07) is 11.2. The maximum Gasteiger partial charge on any atom is 0.127 e. The Morgan fingerprint density at radius 1 is 1.14 bits per heavy atom. The van der Waals surface area contributed by atoms with Crippen LogP contribution in [0.3, 0.4) is 0 Å². The molecule has 2 aromatic carbocycles. The Labute approximate surface area is 134 Å². The number of fused-ring (bicyclic) bond motifs is 1. The number of nitrogens with one attached hydrogen (secondary N) is 1. The highest BCUT2D eigenvalue weighted by Gasteiger charge is 2.23. The molecule has 21 heavy (non-hydrogen) atoms. The first kappa shape index (κ1) is 14.7. The number of benzene rings is 2. The average molecular weight is 323 g/mol. The first-order chi connectivity index (χ1) is 10.2. The second-order valence-electron chi connectivity index (χ2n) is 5.05. The van der Waals surface area contributed by atoms with Gasteiger partial charge in [-0.3, -0.25) is 5.84 Å². The van der Waals surface area contributed by atoms with E-state index in [1.54, 1.807) is 12.1 Å². The van der Waals surface area contributed by atoms with Gasteiger partial charge in [-0.15, -0.1) is 0 Å². The Bertz CT molecular complexity index is 661. The highest BCUT2D eigenvalue weighted by molar-refractivity contribution is 6.33. The zero-order chi connectivity index (χ0) is 14.8. The van der Waals surface area contributed by atoms with Crippen LogP contribution in [0.25, 0.3) is 0 Å². The van der Waals surface area contributed by atoms with Crippen LogP contribution in [0.4, 0.5) is 0 Å². The van der Waals surface area contributed by atoms with E-state index in [9.17, 15) is 0 Å². The van der Waals surface area contributed by atoms with Gasteiger partial charge in [0.1, 0.15) is 5.75 Å². The molecule has 0 spiro atoms. The molecule has 0 fully saturated rings. The lowest BCUT2D eigenvalue weighted by atomic mass is 9.94. The van der Waals surface area contributed by atoms with Crippen molar-refractivity contribution in [2.45, 2.75) is 18.9 Å². The van der Waals surface area contributed by atoms with E-state index >= 15 is 0 Å². The van der Waals surface area contributed by atoms with Crippen molar-refractivity contribution >= 4 is 23.2 Å². The van der Waals surface area contributed by atoms with E-state index in [1.165, 1.54) is 5.56 Å². The van der Waals surface area contributed by atoms with Gasteiger partial charge in [-0.2, -0.15) is 0 Å². The van der Waals surface area contributed by atoms with E-state index < -0.39 is 0 Å². The Kier molecular flexibility index (Phi) is 4.36. The van der Waals surface area contributed by atoms with Crippen molar-refractivity contribution in [3.05, 3.63) is 63.1 Å². The van der Waals surface area contributed by atoms with Gasteiger partial charge in [0.05, 0.1) is 12.6 Å². The van der Waals surface area contributed by atoms with Gasteiger partial charge >= 0.3 is 0 Å². The van der Waals surface area contributed by atoms with Crippen LogP contribution in [0.5, 0.6) is 5.75 Å². The smallest absolute Gasteiger partial charge is 0.127 e. The van der Waals surface area contributed by atoms with Crippen LogP contribution < -0.4 is 16.0 Å². The standard InChI is InChI=1S/C16H16Cl2N2O/c17-11-6-7-14(18)13(9-11)15(20-19)12-5-1-3-10-4-2-8-21-16(10)12/h1,3,5-7,9,15,20H,2,4,8,19H2. The predicted molar refractivity (Wildman–Crippen MR) is 85.9 cm³/mol. The van der Waals surface area contributed by atoms with Gasteiger partial charge in [-0.25, -0.2) is 5.43 Å². The monoisotopic (exact) mass is 322 g/mol. The summed E-state index contributed by atoms with van der Waals surface area (Å²) < 4.78 is 5.86.